The van der Waals surface area contributed by atoms with Crippen LogP contribution in [0.15, 0.2) is 18.2 Å². The molecule has 228 valence electrons. The maximum atomic E-state index is 14.3. The van der Waals surface area contributed by atoms with Crippen LogP contribution in [0.1, 0.15) is 80.3 Å². The zero-order valence-electron chi connectivity index (χ0n) is 25.6. The zero-order chi connectivity index (χ0) is 31.2. The molecular formula is C31H42FN5O5. The number of aromatic amines is 1. The van der Waals surface area contributed by atoms with E-state index < -0.39 is 29.3 Å². The molecule has 1 aromatic carbocycles. The van der Waals surface area contributed by atoms with Crippen molar-refractivity contribution in [2.75, 3.05) is 37.6 Å². The first kappa shape index (κ1) is 32.5. The lowest BCUT2D eigenvalue weighted by Crippen LogP contribution is -2.35. The van der Waals surface area contributed by atoms with Crippen molar-refractivity contribution in [3.05, 3.63) is 52.1 Å². The number of anilines is 1. The highest BCUT2D eigenvalue weighted by Gasteiger charge is 2.37. The predicted octanol–water partition coefficient (Wildman–Crippen LogP) is 4.56. The van der Waals surface area contributed by atoms with Crippen molar-refractivity contribution in [1.29, 1.82) is 0 Å². The molecule has 0 spiro atoms. The largest absolute Gasteiger partial charge is 0.444 e. The second-order valence-corrected chi connectivity index (χ2v) is 11.2. The van der Waals surface area contributed by atoms with Gasteiger partial charge in [-0.15, -0.1) is 0 Å². The average molecular weight is 584 g/mol. The summed E-state index contributed by atoms with van der Waals surface area (Å²) >= 11 is 0. The van der Waals surface area contributed by atoms with E-state index in [0.717, 1.165) is 24.5 Å². The van der Waals surface area contributed by atoms with E-state index in [1.807, 2.05) is 0 Å². The first-order chi connectivity index (χ1) is 19.8. The number of nitrogens with zero attached hydrogens (tertiary/aromatic N) is 2. The lowest BCUT2D eigenvalue weighted by atomic mass is 10.0. The van der Waals surface area contributed by atoms with Gasteiger partial charge in [-0.05, 0) is 84.0 Å². The molecule has 3 N–H and O–H groups in total. The molecule has 0 bridgehead atoms. The molecule has 42 heavy (non-hydrogen) atoms. The third-order valence-corrected chi connectivity index (χ3v) is 7.01. The van der Waals surface area contributed by atoms with Gasteiger partial charge in [-0.2, -0.15) is 0 Å². The SMILES string of the molecule is CCN(CC)CCNC(=O)c1c(C)[nH]c(C=C2C(=O)N(C(=O)CCCNC(=O)OC(C)(C)C)c3ccc(F)cc32)c1C. The molecule has 0 fully saturated rings. The predicted molar refractivity (Wildman–Crippen MR) is 161 cm³/mol. The van der Waals surface area contributed by atoms with Crippen molar-refractivity contribution in [2.45, 2.75) is 66.9 Å². The van der Waals surface area contributed by atoms with Gasteiger partial charge in [-0.1, -0.05) is 13.8 Å². The minimum absolute atomic E-state index is 0.0237. The van der Waals surface area contributed by atoms with Crippen LogP contribution in [-0.2, 0) is 14.3 Å². The van der Waals surface area contributed by atoms with E-state index in [-0.39, 0.29) is 42.1 Å². The Morgan fingerprint density at radius 2 is 1.79 bits per heavy atom. The van der Waals surface area contributed by atoms with E-state index in [0.29, 0.717) is 29.1 Å². The quantitative estimate of drug-likeness (QED) is 0.263. The van der Waals surface area contributed by atoms with Crippen molar-refractivity contribution in [1.82, 2.24) is 20.5 Å². The van der Waals surface area contributed by atoms with Crippen LogP contribution in [0.3, 0.4) is 0 Å². The Hall–Kier alpha value is -3.99. The molecule has 0 radical (unpaired) electrons. The fourth-order valence-corrected chi connectivity index (χ4v) is 4.87. The number of carbonyl (C=O) groups excluding carboxylic acids is 4. The third kappa shape index (κ3) is 7.84. The molecule has 0 aliphatic carbocycles. The van der Waals surface area contributed by atoms with Crippen LogP contribution in [0.5, 0.6) is 0 Å². The Morgan fingerprint density at radius 1 is 1.10 bits per heavy atom. The van der Waals surface area contributed by atoms with E-state index in [4.69, 9.17) is 4.74 Å². The first-order valence-electron chi connectivity index (χ1n) is 14.3. The van der Waals surface area contributed by atoms with E-state index >= 15 is 0 Å². The van der Waals surface area contributed by atoms with Crippen LogP contribution < -0.4 is 15.5 Å². The van der Waals surface area contributed by atoms with Crippen molar-refractivity contribution < 1.29 is 28.3 Å². The van der Waals surface area contributed by atoms with Gasteiger partial charge >= 0.3 is 6.09 Å². The van der Waals surface area contributed by atoms with Gasteiger partial charge in [0.25, 0.3) is 11.8 Å². The minimum atomic E-state index is -0.643. The molecule has 4 amide bonds. The smallest absolute Gasteiger partial charge is 0.407 e. The highest BCUT2D eigenvalue weighted by atomic mass is 19.1. The number of likely N-dealkylation sites (N-methyl/N-ethyl adjacent to an activating group) is 1. The maximum Gasteiger partial charge on any atom is 0.407 e. The van der Waals surface area contributed by atoms with Gasteiger partial charge in [-0.3, -0.25) is 14.4 Å². The molecule has 0 atom stereocenters. The zero-order valence-corrected chi connectivity index (χ0v) is 25.6. The summed E-state index contributed by atoms with van der Waals surface area (Å²) in [4.78, 5) is 58.0. The summed E-state index contributed by atoms with van der Waals surface area (Å²) in [6.45, 7) is 16.1. The lowest BCUT2D eigenvalue weighted by Gasteiger charge is -2.19. The maximum absolute atomic E-state index is 14.3. The summed E-state index contributed by atoms with van der Waals surface area (Å²) in [6, 6.07) is 3.83. The van der Waals surface area contributed by atoms with Gasteiger partial charge in [0.15, 0.2) is 0 Å². The normalized spacial score (nSPS) is 14.0. The Morgan fingerprint density at radius 3 is 2.43 bits per heavy atom. The number of aryl methyl sites for hydroxylation is 1. The number of halogens is 1. The van der Waals surface area contributed by atoms with E-state index in [9.17, 15) is 23.6 Å². The van der Waals surface area contributed by atoms with Gasteiger partial charge in [-0.25, -0.2) is 14.1 Å². The van der Waals surface area contributed by atoms with E-state index in [2.05, 4.69) is 34.4 Å². The molecule has 2 aromatic rings. The molecule has 1 aromatic heterocycles. The molecule has 0 unspecified atom stereocenters. The van der Waals surface area contributed by atoms with Gasteiger partial charge in [0.05, 0.1) is 16.8 Å². The molecular weight excluding hydrogens is 541 g/mol. The number of rotatable bonds is 11. The summed E-state index contributed by atoms with van der Waals surface area (Å²) in [5.41, 5.74) is 2.36. The first-order valence-corrected chi connectivity index (χ1v) is 14.3. The number of H-pyrrole nitrogens is 1. The van der Waals surface area contributed by atoms with Gasteiger partial charge in [0.1, 0.15) is 11.4 Å². The molecule has 11 heteroatoms. The number of hydrogen-bond acceptors (Lipinski definition) is 6. The fraction of sp³-hybridized carbons (Fsp3) is 0.484. The number of alkyl carbamates (subject to hydrolysis) is 1. The van der Waals surface area contributed by atoms with Crippen LogP contribution in [0.4, 0.5) is 14.9 Å². The summed E-state index contributed by atoms with van der Waals surface area (Å²) in [6.07, 6.45) is 1.22. The number of aromatic nitrogens is 1. The van der Waals surface area contributed by atoms with Crippen molar-refractivity contribution in [3.8, 4) is 0 Å². The summed E-state index contributed by atoms with van der Waals surface area (Å²) in [5, 5.41) is 5.55. The fourth-order valence-electron chi connectivity index (χ4n) is 4.87. The molecule has 3 rings (SSSR count). The number of benzene rings is 1. The average Bonchev–Trinajstić information content (AvgIpc) is 3.34. The van der Waals surface area contributed by atoms with Crippen molar-refractivity contribution in [2.24, 2.45) is 0 Å². The molecule has 10 nitrogen and oxygen atoms in total. The van der Waals surface area contributed by atoms with Crippen molar-refractivity contribution in [3.63, 3.8) is 0 Å². The summed E-state index contributed by atoms with van der Waals surface area (Å²) in [5.74, 6) is -1.83. The van der Waals surface area contributed by atoms with Crippen molar-refractivity contribution >= 4 is 41.2 Å². The lowest BCUT2D eigenvalue weighted by molar-refractivity contribution is -0.123. The molecule has 1 aliphatic heterocycles. The molecule has 1 aliphatic rings. The highest BCUT2D eigenvalue weighted by molar-refractivity contribution is 6.42. The number of hydrogen-bond donors (Lipinski definition) is 3. The standard InChI is InChI=1S/C31H42FN5O5/c1-8-36(9-2)16-15-33-28(39)27-19(3)24(35-20(27)4)18-23-22-17-21(32)12-13-25(22)37(29(23)40)26(38)11-10-14-34-30(41)42-31(5,6)7/h12-13,17-18,35H,8-11,14-16H2,1-7H3,(H,33,39)(H,34,41). The number of fused-ring (bicyclic) bond motifs is 1. The Bertz CT molecular complexity index is 1370. The van der Waals surface area contributed by atoms with Crippen LogP contribution in [0.25, 0.3) is 11.6 Å². The number of carbonyl (C=O) groups is 4. The second kappa shape index (κ2) is 13.8. The number of amides is 4. The highest BCUT2D eigenvalue weighted by Crippen LogP contribution is 2.39. The molecule has 0 saturated heterocycles. The van der Waals surface area contributed by atoms with Gasteiger partial charge in [0, 0.05) is 43.0 Å². The van der Waals surface area contributed by atoms with Crippen LogP contribution in [0.2, 0.25) is 0 Å². The van der Waals surface area contributed by atoms with Gasteiger partial charge < -0.3 is 25.3 Å². The second-order valence-electron chi connectivity index (χ2n) is 11.2. The minimum Gasteiger partial charge on any atom is -0.444 e. The van der Waals surface area contributed by atoms with E-state index in [1.54, 1.807) is 40.7 Å². The molecule has 0 saturated carbocycles. The Labute approximate surface area is 246 Å². The summed E-state index contributed by atoms with van der Waals surface area (Å²) in [7, 11) is 0. The number of ether oxygens (including phenoxy) is 1. The third-order valence-electron chi connectivity index (χ3n) is 7.01. The number of imide groups is 1. The Kier molecular flexibility index (Phi) is 10.7. The van der Waals surface area contributed by atoms with Crippen LogP contribution in [0, 0.1) is 19.7 Å². The van der Waals surface area contributed by atoms with Crippen LogP contribution in [-0.4, -0.2) is 72.0 Å². The Balaban J connectivity index is 1.78. The topological polar surface area (TPSA) is 124 Å². The molecule has 2 heterocycles. The summed E-state index contributed by atoms with van der Waals surface area (Å²) < 4.78 is 19.5. The monoisotopic (exact) mass is 583 g/mol. The number of nitrogens with one attached hydrogen (secondary N) is 3. The van der Waals surface area contributed by atoms with Gasteiger partial charge in [0.2, 0.25) is 5.91 Å². The van der Waals surface area contributed by atoms with E-state index in [1.165, 1.54) is 18.2 Å². The van der Waals surface area contributed by atoms with Crippen LogP contribution >= 0.6 is 0 Å².